The van der Waals surface area contributed by atoms with Crippen LogP contribution in [-0.4, -0.2) is 37.6 Å². The van der Waals surface area contributed by atoms with Gasteiger partial charge in [-0.05, 0) is 60.6 Å². The van der Waals surface area contributed by atoms with Crippen molar-refractivity contribution in [3.8, 4) is 6.07 Å². The van der Waals surface area contributed by atoms with Gasteiger partial charge in [0, 0.05) is 29.3 Å². The van der Waals surface area contributed by atoms with Gasteiger partial charge in [0.05, 0.1) is 5.56 Å². The molecule has 0 aliphatic carbocycles. The van der Waals surface area contributed by atoms with Crippen molar-refractivity contribution in [1.82, 2.24) is 4.90 Å². The fourth-order valence-electron chi connectivity index (χ4n) is 2.71. The van der Waals surface area contributed by atoms with Crippen LogP contribution in [0.15, 0.2) is 22.7 Å². The predicted octanol–water partition coefficient (Wildman–Crippen LogP) is 3.24. The first-order valence-electron chi connectivity index (χ1n) is 6.80. The van der Waals surface area contributed by atoms with Gasteiger partial charge < -0.3 is 9.80 Å². The van der Waals surface area contributed by atoms with E-state index >= 15 is 0 Å². The van der Waals surface area contributed by atoms with Gasteiger partial charge in [-0.2, -0.15) is 5.26 Å². The standard InChI is InChI=1S/C15H20BrN3/c1-3-13-11-18(2)7-4-8-19(13)14-6-5-12(10-17)15(16)9-14/h5-6,9,13H,3-4,7-8,11H2,1-2H3. The molecule has 1 aliphatic heterocycles. The van der Waals surface area contributed by atoms with Gasteiger partial charge in [0.25, 0.3) is 0 Å². The molecule has 0 amide bonds. The summed E-state index contributed by atoms with van der Waals surface area (Å²) in [7, 11) is 2.20. The number of nitriles is 1. The van der Waals surface area contributed by atoms with Crippen LogP contribution in [0.3, 0.4) is 0 Å². The summed E-state index contributed by atoms with van der Waals surface area (Å²) in [5.74, 6) is 0. The molecule has 3 nitrogen and oxygen atoms in total. The Balaban J connectivity index is 2.28. The Morgan fingerprint density at radius 2 is 2.21 bits per heavy atom. The SMILES string of the molecule is CCC1CN(C)CCCN1c1ccc(C#N)c(Br)c1. The van der Waals surface area contributed by atoms with Crippen LogP contribution in [0.5, 0.6) is 0 Å². The van der Waals surface area contributed by atoms with Crippen LogP contribution >= 0.6 is 15.9 Å². The molecular weight excluding hydrogens is 302 g/mol. The molecule has 1 saturated heterocycles. The van der Waals surface area contributed by atoms with Gasteiger partial charge in [-0.3, -0.25) is 0 Å². The number of likely N-dealkylation sites (N-methyl/N-ethyl adjacent to an activating group) is 1. The lowest BCUT2D eigenvalue weighted by atomic mass is 10.1. The molecule has 0 bridgehead atoms. The topological polar surface area (TPSA) is 30.3 Å². The Morgan fingerprint density at radius 3 is 2.84 bits per heavy atom. The lowest BCUT2D eigenvalue weighted by Crippen LogP contribution is -2.39. The summed E-state index contributed by atoms with van der Waals surface area (Å²) in [6.07, 6.45) is 2.33. The van der Waals surface area contributed by atoms with Gasteiger partial charge in [0.2, 0.25) is 0 Å². The van der Waals surface area contributed by atoms with E-state index in [0.717, 1.165) is 30.5 Å². The van der Waals surface area contributed by atoms with Crippen LogP contribution in [-0.2, 0) is 0 Å². The van der Waals surface area contributed by atoms with Gasteiger partial charge in [-0.15, -0.1) is 0 Å². The van der Waals surface area contributed by atoms with E-state index in [1.807, 2.05) is 6.07 Å². The molecule has 2 rings (SSSR count). The van der Waals surface area contributed by atoms with Gasteiger partial charge in [-0.1, -0.05) is 6.92 Å². The molecule has 1 aromatic rings. The third-order valence-electron chi connectivity index (χ3n) is 3.78. The average molecular weight is 322 g/mol. The second kappa shape index (κ2) is 6.40. The summed E-state index contributed by atoms with van der Waals surface area (Å²) in [5.41, 5.74) is 1.91. The molecule has 0 radical (unpaired) electrons. The van der Waals surface area contributed by atoms with E-state index in [1.165, 1.54) is 12.1 Å². The maximum atomic E-state index is 9.00. The van der Waals surface area contributed by atoms with Crippen LogP contribution in [0.4, 0.5) is 5.69 Å². The van der Waals surface area contributed by atoms with Crippen LogP contribution < -0.4 is 4.90 Å². The minimum atomic E-state index is 0.548. The Kier molecular flexibility index (Phi) is 4.84. The van der Waals surface area contributed by atoms with Crippen LogP contribution in [0.1, 0.15) is 25.3 Å². The van der Waals surface area contributed by atoms with E-state index in [9.17, 15) is 0 Å². The lowest BCUT2D eigenvalue weighted by molar-refractivity contribution is 0.328. The zero-order chi connectivity index (χ0) is 13.8. The van der Waals surface area contributed by atoms with Gasteiger partial charge in [0.1, 0.15) is 6.07 Å². The van der Waals surface area contributed by atoms with Crippen molar-refractivity contribution in [2.75, 3.05) is 31.6 Å². The number of hydrogen-bond acceptors (Lipinski definition) is 3. The molecule has 0 aromatic heterocycles. The fourth-order valence-corrected chi connectivity index (χ4v) is 3.16. The van der Waals surface area contributed by atoms with Crippen molar-refractivity contribution < 1.29 is 0 Å². The highest BCUT2D eigenvalue weighted by molar-refractivity contribution is 9.10. The van der Waals surface area contributed by atoms with Crippen molar-refractivity contribution >= 4 is 21.6 Å². The fraction of sp³-hybridized carbons (Fsp3) is 0.533. The molecule has 1 aliphatic rings. The quantitative estimate of drug-likeness (QED) is 0.837. The number of hydrogen-bond donors (Lipinski definition) is 0. The van der Waals surface area contributed by atoms with Gasteiger partial charge in [-0.25, -0.2) is 0 Å². The van der Waals surface area contributed by atoms with Crippen molar-refractivity contribution in [1.29, 1.82) is 5.26 Å². The van der Waals surface area contributed by atoms with E-state index in [2.05, 4.69) is 57.9 Å². The summed E-state index contributed by atoms with van der Waals surface area (Å²) >= 11 is 3.49. The van der Waals surface area contributed by atoms with Crippen molar-refractivity contribution in [2.24, 2.45) is 0 Å². The summed E-state index contributed by atoms with van der Waals surface area (Å²) in [5, 5.41) is 9.00. The molecule has 4 heteroatoms. The summed E-state index contributed by atoms with van der Waals surface area (Å²) in [6.45, 7) is 5.59. The van der Waals surface area contributed by atoms with E-state index in [-0.39, 0.29) is 0 Å². The molecule has 0 N–H and O–H groups in total. The second-order valence-electron chi connectivity index (χ2n) is 5.15. The van der Waals surface area contributed by atoms with Crippen LogP contribution in [0, 0.1) is 11.3 Å². The molecule has 0 spiro atoms. The minimum Gasteiger partial charge on any atom is -0.367 e. The molecule has 102 valence electrons. The lowest BCUT2D eigenvalue weighted by Gasteiger charge is -2.32. The third kappa shape index (κ3) is 3.29. The Hall–Kier alpha value is -1.05. The summed E-state index contributed by atoms with van der Waals surface area (Å²) in [4.78, 5) is 4.89. The normalized spacial score (nSPS) is 20.9. The number of rotatable bonds is 2. The minimum absolute atomic E-state index is 0.548. The van der Waals surface area contributed by atoms with Crippen LogP contribution in [0.25, 0.3) is 0 Å². The maximum Gasteiger partial charge on any atom is 0.100 e. The van der Waals surface area contributed by atoms with Crippen LogP contribution in [0.2, 0.25) is 0 Å². The third-order valence-corrected chi connectivity index (χ3v) is 4.43. The Morgan fingerprint density at radius 1 is 1.42 bits per heavy atom. The predicted molar refractivity (Wildman–Crippen MR) is 82.4 cm³/mol. The summed E-state index contributed by atoms with van der Waals surface area (Å²) in [6, 6.07) is 8.79. The number of benzene rings is 1. The van der Waals surface area contributed by atoms with Crippen molar-refractivity contribution in [2.45, 2.75) is 25.8 Å². The molecule has 0 saturated carbocycles. The van der Waals surface area contributed by atoms with Crippen molar-refractivity contribution in [3.63, 3.8) is 0 Å². The first kappa shape index (κ1) is 14.4. The first-order valence-corrected chi connectivity index (χ1v) is 7.59. The summed E-state index contributed by atoms with van der Waals surface area (Å²) < 4.78 is 0.889. The largest absolute Gasteiger partial charge is 0.367 e. The smallest absolute Gasteiger partial charge is 0.100 e. The monoisotopic (exact) mass is 321 g/mol. The van der Waals surface area contributed by atoms with Gasteiger partial charge >= 0.3 is 0 Å². The number of anilines is 1. The molecule has 1 heterocycles. The highest BCUT2D eigenvalue weighted by atomic mass is 79.9. The van der Waals surface area contributed by atoms with E-state index in [4.69, 9.17) is 5.26 Å². The molecule has 19 heavy (non-hydrogen) atoms. The molecule has 1 unspecified atom stereocenters. The highest BCUT2D eigenvalue weighted by Crippen LogP contribution is 2.27. The zero-order valence-electron chi connectivity index (χ0n) is 11.6. The zero-order valence-corrected chi connectivity index (χ0v) is 13.2. The van der Waals surface area contributed by atoms with Gasteiger partial charge in [0.15, 0.2) is 0 Å². The maximum absolute atomic E-state index is 9.00. The van der Waals surface area contributed by atoms with E-state index in [1.54, 1.807) is 0 Å². The van der Waals surface area contributed by atoms with E-state index in [0.29, 0.717) is 11.6 Å². The number of nitrogens with zero attached hydrogens (tertiary/aromatic N) is 3. The molecule has 1 fully saturated rings. The molecule has 1 atom stereocenters. The van der Waals surface area contributed by atoms with Crippen molar-refractivity contribution in [3.05, 3.63) is 28.2 Å². The number of halogens is 1. The average Bonchev–Trinajstić information content (AvgIpc) is 2.60. The molecule has 1 aromatic carbocycles. The first-order chi connectivity index (χ1) is 9.15. The Bertz CT molecular complexity index is 481. The Labute approximate surface area is 123 Å². The van der Waals surface area contributed by atoms with E-state index < -0.39 is 0 Å². The molecular formula is C15H20BrN3. The second-order valence-corrected chi connectivity index (χ2v) is 6.00. The highest BCUT2D eigenvalue weighted by Gasteiger charge is 2.22.